The molecule has 1 unspecified atom stereocenters. The van der Waals surface area contributed by atoms with Gasteiger partial charge in [-0.15, -0.1) is 0 Å². The SMILES string of the molecule is CCN(Cc1ccccc1)C(C)(CN)CC1CC1. The van der Waals surface area contributed by atoms with Crippen molar-refractivity contribution < 1.29 is 0 Å². The summed E-state index contributed by atoms with van der Waals surface area (Å²) < 4.78 is 0. The quantitative estimate of drug-likeness (QED) is 0.801. The lowest BCUT2D eigenvalue weighted by atomic mass is 9.92. The van der Waals surface area contributed by atoms with Gasteiger partial charge in [-0.1, -0.05) is 50.1 Å². The van der Waals surface area contributed by atoms with Crippen molar-refractivity contribution in [3.05, 3.63) is 35.9 Å². The van der Waals surface area contributed by atoms with Crippen LogP contribution in [0.2, 0.25) is 0 Å². The van der Waals surface area contributed by atoms with E-state index >= 15 is 0 Å². The van der Waals surface area contributed by atoms with Crippen LogP contribution in [0.3, 0.4) is 0 Å². The summed E-state index contributed by atoms with van der Waals surface area (Å²) >= 11 is 0. The summed E-state index contributed by atoms with van der Waals surface area (Å²) in [5, 5.41) is 0. The second-order valence-electron chi connectivity index (χ2n) is 5.85. The molecule has 0 aromatic heterocycles. The van der Waals surface area contributed by atoms with Gasteiger partial charge in [0.25, 0.3) is 0 Å². The molecule has 0 radical (unpaired) electrons. The summed E-state index contributed by atoms with van der Waals surface area (Å²) in [6, 6.07) is 10.7. The van der Waals surface area contributed by atoms with Crippen molar-refractivity contribution in [2.75, 3.05) is 13.1 Å². The maximum atomic E-state index is 6.07. The Morgan fingerprint density at radius 3 is 2.44 bits per heavy atom. The maximum absolute atomic E-state index is 6.07. The predicted molar refractivity (Wildman–Crippen MR) is 77.3 cm³/mol. The minimum Gasteiger partial charge on any atom is -0.329 e. The van der Waals surface area contributed by atoms with Crippen molar-refractivity contribution in [2.45, 2.75) is 45.2 Å². The highest BCUT2D eigenvalue weighted by molar-refractivity contribution is 5.15. The highest BCUT2D eigenvalue weighted by atomic mass is 15.2. The summed E-state index contributed by atoms with van der Waals surface area (Å²) in [6.45, 7) is 7.40. The van der Waals surface area contributed by atoms with Gasteiger partial charge in [-0.3, -0.25) is 4.90 Å². The van der Waals surface area contributed by atoms with Crippen molar-refractivity contribution >= 4 is 0 Å². The molecule has 1 aromatic rings. The monoisotopic (exact) mass is 246 g/mol. The highest BCUT2D eigenvalue weighted by Gasteiger charge is 2.36. The topological polar surface area (TPSA) is 29.3 Å². The second-order valence-corrected chi connectivity index (χ2v) is 5.85. The Balaban J connectivity index is 2.05. The lowest BCUT2D eigenvalue weighted by Gasteiger charge is -2.40. The third-order valence-electron chi connectivity index (χ3n) is 4.23. The molecular formula is C16H26N2. The number of nitrogens with two attached hydrogens (primary N) is 1. The van der Waals surface area contributed by atoms with Gasteiger partial charge in [0.15, 0.2) is 0 Å². The fraction of sp³-hybridized carbons (Fsp3) is 0.625. The largest absolute Gasteiger partial charge is 0.329 e. The van der Waals surface area contributed by atoms with Gasteiger partial charge in [-0.05, 0) is 31.4 Å². The van der Waals surface area contributed by atoms with Crippen molar-refractivity contribution in [3.63, 3.8) is 0 Å². The molecule has 1 atom stereocenters. The molecule has 0 aliphatic heterocycles. The van der Waals surface area contributed by atoms with Gasteiger partial charge in [0.2, 0.25) is 0 Å². The van der Waals surface area contributed by atoms with Crippen LogP contribution in [-0.2, 0) is 6.54 Å². The van der Waals surface area contributed by atoms with Crippen LogP contribution in [-0.4, -0.2) is 23.5 Å². The van der Waals surface area contributed by atoms with E-state index in [2.05, 4.69) is 49.1 Å². The van der Waals surface area contributed by atoms with Crippen LogP contribution < -0.4 is 5.73 Å². The summed E-state index contributed by atoms with van der Waals surface area (Å²) in [5.74, 6) is 0.920. The molecule has 1 aliphatic rings. The number of likely N-dealkylation sites (N-methyl/N-ethyl adjacent to an activating group) is 1. The molecule has 0 bridgehead atoms. The Morgan fingerprint density at radius 1 is 1.28 bits per heavy atom. The van der Waals surface area contributed by atoms with Gasteiger partial charge in [0, 0.05) is 18.6 Å². The Bertz CT molecular complexity index is 359. The molecule has 0 amide bonds. The number of rotatable bonds is 7. The summed E-state index contributed by atoms with van der Waals surface area (Å²) in [7, 11) is 0. The van der Waals surface area contributed by atoms with Crippen LogP contribution in [0.25, 0.3) is 0 Å². The van der Waals surface area contributed by atoms with E-state index < -0.39 is 0 Å². The molecular weight excluding hydrogens is 220 g/mol. The molecule has 100 valence electrons. The van der Waals surface area contributed by atoms with Crippen LogP contribution in [0, 0.1) is 5.92 Å². The average Bonchev–Trinajstić information content (AvgIpc) is 3.20. The summed E-state index contributed by atoms with van der Waals surface area (Å²) in [5.41, 5.74) is 7.61. The van der Waals surface area contributed by atoms with E-state index in [4.69, 9.17) is 5.73 Å². The molecule has 2 heteroatoms. The Hall–Kier alpha value is -0.860. The smallest absolute Gasteiger partial charge is 0.0309 e. The minimum absolute atomic E-state index is 0.158. The average molecular weight is 246 g/mol. The molecule has 2 nitrogen and oxygen atoms in total. The standard InChI is InChI=1S/C16H26N2/c1-3-18(12-15-7-5-4-6-8-15)16(2,13-17)11-14-9-10-14/h4-8,14H,3,9-13,17H2,1-2H3. The van der Waals surface area contributed by atoms with Crippen LogP contribution in [0.15, 0.2) is 30.3 Å². The van der Waals surface area contributed by atoms with Crippen molar-refractivity contribution in [1.82, 2.24) is 4.90 Å². The molecule has 0 saturated heterocycles. The number of hydrogen-bond donors (Lipinski definition) is 1. The van der Waals surface area contributed by atoms with E-state index in [0.717, 1.165) is 25.6 Å². The van der Waals surface area contributed by atoms with E-state index in [9.17, 15) is 0 Å². The Kier molecular flexibility index (Phi) is 4.41. The Labute approximate surface area is 111 Å². The van der Waals surface area contributed by atoms with Crippen molar-refractivity contribution in [1.29, 1.82) is 0 Å². The first kappa shape index (κ1) is 13.6. The van der Waals surface area contributed by atoms with Gasteiger partial charge in [-0.2, -0.15) is 0 Å². The minimum atomic E-state index is 0.158. The second kappa shape index (κ2) is 5.85. The van der Waals surface area contributed by atoms with Gasteiger partial charge in [0.1, 0.15) is 0 Å². The fourth-order valence-corrected chi connectivity index (χ4v) is 2.77. The fourth-order valence-electron chi connectivity index (χ4n) is 2.77. The molecule has 1 fully saturated rings. The molecule has 2 N–H and O–H groups in total. The third kappa shape index (κ3) is 3.33. The number of hydrogen-bond acceptors (Lipinski definition) is 2. The first-order valence-electron chi connectivity index (χ1n) is 7.17. The molecule has 1 saturated carbocycles. The molecule has 18 heavy (non-hydrogen) atoms. The van der Waals surface area contributed by atoms with Gasteiger partial charge in [0.05, 0.1) is 0 Å². The lowest BCUT2D eigenvalue weighted by molar-refractivity contribution is 0.0937. The van der Waals surface area contributed by atoms with Gasteiger partial charge in [-0.25, -0.2) is 0 Å². The van der Waals surface area contributed by atoms with Gasteiger partial charge < -0.3 is 5.73 Å². The van der Waals surface area contributed by atoms with Crippen LogP contribution >= 0.6 is 0 Å². The lowest BCUT2D eigenvalue weighted by Crippen LogP contribution is -2.51. The summed E-state index contributed by atoms with van der Waals surface area (Å²) in [4.78, 5) is 2.54. The number of benzene rings is 1. The first-order valence-corrected chi connectivity index (χ1v) is 7.17. The predicted octanol–water partition coefficient (Wildman–Crippen LogP) is 3.03. The third-order valence-corrected chi connectivity index (χ3v) is 4.23. The number of nitrogens with zero attached hydrogens (tertiary/aromatic N) is 1. The molecule has 0 spiro atoms. The zero-order valence-corrected chi connectivity index (χ0v) is 11.7. The van der Waals surface area contributed by atoms with Crippen LogP contribution in [0.4, 0.5) is 0 Å². The zero-order chi connectivity index (χ0) is 13.0. The maximum Gasteiger partial charge on any atom is 0.0309 e. The molecule has 2 rings (SSSR count). The van der Waals surface area contributed by atoms with E-state index in [0.29, 0.717) is 0 Å². The molecule has 1 aliphatic carbocycles. The van der Waals surface area contributed by atoms with Gasteiger partial charge >= 0.3 is 0 Å². The zero-order valence-electron chi connectivity index (χ0n) is 11.7. The first-order chi connectivity index (χ1) is 8.68. The van der Waals surface area contributed by atoms with Crippen molar-refractivity contribution in [2.24, 2.45) is 11.7 Å². The van der Waals surface area contributed by atoms with E-state index in [-0.39, 0.29) is 5.54 Å². The van der Waals surface area contributed by atoms with E-state index in [1.54, 1.807) is 0 Å². The van der Waals surface area contributed by atoms with E-state index in [1.807, 2.05) is 0 Å². The Morgan fingerprint density at radius 2 is 1.94 bits per heavy atom. The van der Waals surface area contributed by atoms with Crippen molar-refractivity contribution in [3.8, 4) is 0 Å². The van der Waals surface area contributed by atoms with Crippen LogP contribution in [0.5, 0.6) is 0 Å². The summed E-state index contributed by atoms with van der Waals surface area (Å²) in [6.07, 6.45) is 4.06. The molecule has 1 aromatic carbocycles. The van der Waals surface area contributed by atoms with Crippen LogP contribution in [0.1, 0.15) is 38.7 Å². The molecule has 0 heterocycles. The normalized spacial score (nSPS) is 18.9. The highest BCUT2D eigenvalue weighted by Crippen LogP contribution is 2.38. The van der Waals surface area contributed by atoms with E-state index in [1.165, 1.54) is 24.8 Å².